The molecule has 2 aromatic rings. The van der Waals surface area contributed by atoms with E-state index in [0.717, 1.165) is 30.7 Å². The van der Waals surface area contributed by atoms with Crippen LogP contribution in [0.15, 0.2) is 22.9 Å². The van der Waals surface area contributed by atoms with Crippen molar-refractivity contribution in [3.63, 3.8) is 0 Å². The van der Waals surface area contributed by atoms with Gasteiger partial charge in [0, 0.05) is 18.5 Å². The molecule has 0 aromatic carbocycles. The minimum Gasteiger partial charge on any atom is -0.469 e. The van der Waals surface area contributed by atoms with Crippen LogP contribution in [-0.4, -0.2) is 40.4 Å². The second kappa shape index (κ2) is 5.48. The number of aromatic nitrogens is 2. The van der Waals surface area contributed by atoms with Crippen molar-refractivity contribution in [3.05, 3.63) is 40.6 Å². The SMILES string of the molecule is CN(C)CCn1ncc(Cl)c1C1(O)CCCc2occc21. The van der Waals surface area contributed by atoms with Crippen molar-refractivity contribution in [1.29, 1.82) is 0 Å². The summed E-state index contributed by atoms with van der Waals surface area (Å²) in [7, 11) is 4.02. The van der Waals surface area contributed by atoms with E-state index in [1.165, 1.54) is 0 Å². The Labute approximate surface area is 129 Å². The number of furan rings is 1. The van der Waals surface area contributed by atoms with E-state index in [2.05, 4.69) is 10.00 Å². The molecule has 0 bridgehead atoms. The van der Waals surface area contributed by atoms with Gasteiger partial charge in [0.15, 0.2) is 0 Å². The van der Waals surface area contributed by atoms with Crippen LogP contribution in [0.1, 0.15) is 29.9 Å². The van der Waals surface area contributed by atoms with Gasteiger partial charge in [0.05, 0.1) is 29.7 Å². The van der Waals surface area contributed by atoms with E-state index in [4.69, 9.17) is 16.0 Å². The molecule has 0 aliphatic heterocycles. The third-order valence-corrected chi connectivity index (χ3v) is 4.36. The largest absolute Gasteiger partial charge is 0.469 e. The molecular formula is C15H20ClN3O2. The summed E-state index contributed by atoms with van der Waals surface area (Å²) in [5.41, 5.74) is 0.385. The van der Waals surface area contributed by atoms with Crippen molar-refractivity contribution in [2.75, 3.05) is 20.6 Å². The second-order valence-corrected chi connectivity index (χ2v) is 6.25. The molecule has 5 nitrogen and oxygen atoms in total. The molecular weight excluding hydrogens is 290 g/mol. The van der Waals surface area contributed by atoms with Gasteiger partial charge in [0.2, 0.25) is 0 Å². The molecule has 2 heterocycles. The summed E-state index contributed by atoms with van der Waals surface area (Å²) in [6.45, 7) is 1.52. The van der Waals surface area contributed by atoms with E-state index in [-0.39, 0.29) is 0 Å². The number of hydrogen-bond acceptors (Lipinski definition) is 4. The lowest BCUT2D eigenvalue weighted by Gasteiger charge is -2.32. The highest BCUT2D eigenvalue weighted by Crippen LogP contribution is 2.43. The van der Waals surface area contributed by atoms with E-state index >= 15 is 0 Å². The van der Waals surface area contributed by atoms with Crippen molar-refractivity contribution < 1.29 is 9.52 Å². The van der Waals surface area contributed by atoms with E-state index in [0.29, 0.717) is 23.7 Å². The lowest BCUT2D eigenvalue weighted by Crippen LogP contribution is -2.35. The van der Waals surface area contributed by atoms with Crippen LogP contribution in [0.5, 0.6) is 0 Å². The Morgan fingerprint density at radius 3 is 3.10 bits per heavy atom. The molecule has 0 fully saturated rings. The molecule has 0 spiro atoms. The summed E-state index contributed by atoms with van der Waals surface area (Å²) in [5, 5.41) is 16.1. The Bertz CT molecular complexity index is 635. The maximum atomic E-state index is 11.3. The molecule has 21 heavy (non-hydrogen) atoms. The zero-order chi connectivity index (χ0) is 15.0. The fraction of sp³-hybridized carbons (Fsp3) is 0.533. The van der Waals surface area contributed by atoms with Gasteiger partial charge in [-0.1, -0.05) is 11.6 Å². The number of aliphatic hydroxyl groups is 1. The van der Waals surface area contributed by atoms with Crippen LogP contribution in [0.3, 0.4) is 0 Å². The standard InChI is InChI=1S/C15H20ClN3O2/c1-18(2)7-8-19-14(12(16)10-17-19)15(20)6-3-4-13-11(15)5-9-21-13/h5,9-10,20H,3-4,6-8H2,1-2H3. The molecule has 0 amide bonds. The normalized spacial score (nSPS) is 21.8. The van der Waals surface area contributed by atoms with Gasteiger partial charge in [-0.25, -0.2) is 0 Å². The van der Waals surface area contributed by atoms with Crippen LogP contribution < -0.4 is 0 Å². The Kier molecular flexibility index (Phi) is 3.82. The molecule has 0 saturated heterocycles. The van der Waals surface area contributed by atoms with Crippen molar-refractivity contribution >= 4 is 11.6 Å². The zero-order valence-corrected chi connectivity index (χ0v) is 13.1. The summed E-state index contributed by atoms with van der Waals surface area (Å²) in [5.74, 6) is 0.847. The van der Waals surface area contributed by atoms with Crippen LogP contribution in [0.2, 0.25) is 5.02 Å². The highest BCUT2D eigenvalue weighted by Gasteiger charge is 2.42. The number of aryl methyl sites for hydroxylation is 1. The minimum atomic E-state index is -1.11. The van der Waals surface area contributed by atoms with Crippen molar-refractivity contribution in [2.24, 2.45) is 0 Å². The summed E-state index contributed by atoms with van der Waals surface area (Å²) >= 11 is 6.33. The maximum Gasteiger partial charge on any atom is 0.136 e. The van der Waals surface area contributed by atoms with Gasteiger partial charge >= 0.3 is 0 Å². The highest BCUT2D eigenvalue weighted by atomic mass is 35.5. The average molecular weight is 310 g/mol. The van der Waals surface area contributed by atoms with Gasteiger partial charge in [-0.05, 0) is 33.0 Å². The molecule has 1 aliphatic carbocycles. The van der Waals surface area contributed by atoms with Crippen LogP contribution in [-0.2, 0) is 18.6 Å². The fourth-order valence-corrected chi connectivity index (χ4v) is 3.32. The van der Waals surface area contributed by atoms with E-state index in [9.17, 15) is 5.11 Å². The number of halogens is 1. The predicted octanol–water partition coefficient (Wildman–Crippen LogP) is 2.26. The summed E-state index contributed by atoms with van der Waals surface area (Å²) in [6, 6.07) is 1.84. The number of rotatable bonds is 4. The van der Waals surface area contributed by atoms with E-state index in [1.54, 1.807) is 12.5 Å². The van der Waals surface area contributed by atoms with Gasteiger partial charge in [-0.2, -0.15) is 5.10 Å². The zero-order valence-electron chi connectivity index (χ0n) is 12.3. The smallest absolute Gasteiger partial charge is 0.136 e. The molecule has 6 heteroatoms. The first-order valence-corrected chi connectivity index (χ1v) is 7.56. The van der Waals surface area contributed by atoms with Crippen molar-refractivity contribution in [3.8, 4) is 0 Å². The quantitative estimate of drug-likeness (QED) is 0.941. The lowest BCUT2D eigenvalue weighted by molar-refractivity contribution is 0.0493. The predicted molar refractivity (Wildman–Crippen MR) is 80.4 cm³/mol. The molecule has 3 rings (SSSR count). The van der Waals surface area contributed by atoms with Crippen LogP contribution in [0.25, 0.3) is 0 Å². The molecule has 2 aromatic heterocycles. The average Bonchev–Trinajstić information content (AvgIpc) is 3.04. The molecule has 114 valence electrons. The van der Waals surface area contributed by atoms with Gasteiger partial charge < -0.3 is 14.4 Å². The number of likely N-dealkylation sites (N-methyl/N-ethyl adjacent to an activating group) is 1. The first-order chi connectivity index (χ1) is 10.0. The summed E-state index contributed by atoms with van der Waals surface area (Å²) < 4.78 is 7.30. The Balaban J connectivity index is 2.03. The third kappa shape index (κ3) is 2.50. The Hall–Kier alpha value is -1.30. The molecule has 1 N–H and O–H groups in total. The molecule has 0 saturated carbocycles. The second-order valence-electron chi connectivity index (χ2n) is 5.84. The van der Waals surface area contributed by atoms with Crippen LogP contribution >= 0.6 is 11.6 Å². The van der Waals surface area contributed by atoms with E-state index < -0.39 is 5.60 Å². The monoisotopic (exact) mass is 309 g/mol. The lowest BCUT2D eigenvalue weighted by atomic mass is 9.80. The molecule has 1 atom stereocenters. The summed E-state index contributed by atoms with van der Waals surface area (Å²) in [6.07, 6.45) is 5.60. The van der Waals surface area contributed by atoms with Gasteiger partial charge in [0.25, 0.3) is 0 Å². The molecule has 0 radical (unpaired) electrons. The topological polar surface area (TPSA) is 54.4 Å². The van der Waals surface area contributed by atoms with Crippen molar-refractivity contribution in [1.82, 2.24) is 14.7 Å². The fourth-order valence-electron chi connectivity index (χ4n) is 3.03. The van der Waals surface area contributed by atoms with Crippen molar-refractivity contribution in [2.45, 2.75) is 31.4 Å². The third-order valence-electron chi connectivity index (χ3n) is 4.08. The minimum absolute atomic E-state index is 0.505. The molecule has 1 aliphatic rings. The number of fused-ring (bicyclic) bond motifs is 1. The number of hydrogen-bond donors (Lipinski definition) is 1. The first kappa shape index (κ1) is 14.6. The van der Waals surface area contributed by atoms with Gasteiger partial charge in [0.1, 0.15) is 11.4 Å². The Morgan fingerprint density at radius 2 is 2.33 bits per heavy atom. The summed E-state index contributed by atoms with van der Waals surface area (Å²) in [4.78, 5) is 2.08. The highest BCUT2D eigenvalue weighted by molar-refractivity contribution is 6.31. The molecule has 1 unspecified atom stereocenters. The van der Waals surface area contributed by atoms with Crippen LogP contribution in [0, 0.1) is 0 Å². The van der Waals surface area contributed by atoms with Gasteiger partial charge in [-0.15, -0.1) is 0 Å². The van der Waals surface area contributed by atoms with Crippen LogP contribution in [0.4, 0.5) is 0 Å². The van der Waals surface area contributed by atoms with E-state index in [1.807, 2.05) is 24.8 Å². The van der Waals surface area contributed by atoms with Gasteiger partial charge in [-0.3, -0.25) is 4.68 Å². The maximum absolute atomic E-state index is 11.3. The number of nitrogens with zero attached hydrogens (tertiary/aromatic N) is 3. The Morgan fingerprint density at radius 1 is 1.52 bits per heavy atom. The first-order valence-electron chi connectivity index (χ1n) is 7.18.